The molecule has 2 heterocycles. The zero-order valence-corrected chi connectivity index (χ0v) is 30.1. The first kappa shape index (κ1) is 35.8. The van der Waals surface area contributed by atoms with Gasteiger partial charge in [0.25, 0.3) is 0 Å². The molecule has 0 bridgehead atoms. The van der Waals surface area contributed by atoms with Crippen LogP contribution in [-0.2, 0) is 24.6 Å². The minimum atomic E-state index is 0.330. The number of allylic oxidation sites excluding steroid dienone is 1. The molecule has 262 valence electrons. The lowest BCUT2D eigenvalue weighted by molar-refractivity contribution is -0.104. The summed E-state index contributed by atoms with van der Waals surface area (Å²) in [6.45, 7) is 6.87. The van der Waals surface area contributed by atoms with Crippen LogP contribution in [0.1, 0.15) is 27.8 Å². The van der Waals surface area contributed by atoms with E-state index >= 15 is 0 Å². The molecule has 1 aliphatic rings. The highest BCUT2D eigenvalue weighted by molar-refractivity contribution is 6.32. The molecular formula is C41H39Cl2N3O5. The lowest BCUT2D eigenvalue weighted by Crippen LogP contribution is -2.45. The maximum absolute atomic E-state index is 11.8. The largest absolute Gasteiger partial charge is 0.497 e. The van der Waals surface area contributed by atoms with E-state index in [1.807, 2.05) is 67.6 Å². The zero-order valence-electron chi connectivity index (χ0n) is 28.6. The molecule has 0 amide bonds. The van der Waals surface area contributed by atoms with Gasteiger partial charge in [0.2, 0.25) is 5.88 Å². The number of hydrogen-bond acceptors (Lipinski definition) is 8. The number of nitrogens with zero attached hydrogens (tertiary/aromatic N) is 3. The lowest BCUT2D eigenvalue weighted by Gasteiger charge is -2.37. The van der Waals surface area contributed by atoms with Crippen LogP contribution in [0.15, 0.2) is 109 Å². The lowest BCUT2D eigenvalue weighted by atomic mass is 10.1. The zero-order chi connectivity index (χ0) is 35.6. The van der Waals surface area contributed by atoms with Crippen molar-refractivity contribution in [1.82, 2.24) is 14.8 Å². The standard InChI is InChI=1S/C41H39Cl2N3O5/c1-29-23-33(24-38(43)41(29)51-40-16-15-36(25-44-40)50-28-32-5-3-4-6-37(32)42)39(17-22-47)46-20-18-45(19-21-46)26-30-7-9-31(10-8-30)27-49-35-13-11-34(48-2)12-14-35/h3-17,22-25H,18-21,26-28H2,1-2H3/b39-17+. The van der Waals surface area contributed by atoms with Crippen molar-refractivity contribution in [3.05, 3.63) is 147 Å². The molecule has 0 atom stereocenters. The Morgan fingerprint density at radius 3 is 2.14 bits per heavy atom. The van der Waals surface area contributed by atoms with Crippen molar-refractivity contribution in [1.29, 1.82) is 0 Å². The van der Waals surface area contributed by atoms with Crippen LogP contribution in [0.5, 0.6) is 28.9 Å². The Labute approximate surface area is 308 Å². The fraction of sp³-hybridized carbons (Fsp3) is 0.220. The number of carbonyl (C=O) groups is 1. The van der Waals surface area contributed by atoms with E-state index in [0.717, 1.165) is 78.5 Å². The van der Waals surface area contributed by atoms with E-state index < -0.39 is 0 Å². The Hall–Kier alpha value is -5.02. The van der Waals surface area contributed by atoms with Gasteiger partial charge >= 0.3 is 0 Å². The number of aldehydes is 1. The van der Waals surface area contributed by atoms with Gasteiger partial charge < -0.3 is 23.8 Å². The predicted molar refractivity (Wildman–Crippen MR) is 201 cm³/mol. The van der Waals surface area contributed by atoms with Crippen LogP contribution in [0.4, 0.5) is 0 Å². The molecule has 1 aliphatic heterocycles. The van der Waals surface area contributed by atoms with Gasteiger partial charge in [-0.3, -0.25) is 9.69 Å². The number of benzene rings is 4. The second-order valence-corrected chi connectivity index (χ2v) is 13.0. The van der Waals surface area contributed by atoms with Gasteiger partial charge in [0.05, 0.1) is 18.3 Å². The van der Waals surface area contributed by atoms with Crippen LogP contribution in [0.25, 0.3) is 5.70 Å². The fourth-order valence-corrected chi connectivity index (χ4v) is 6.33. The molecule has 0 saturated carbocycles. The number of rotatable bonds is 14. The van der Waals surface area contributed by atoms with E-state index in [2.05, 4.69) is 39.0 Å². The second kappa shape index (κ2) is 17.3. The van der Waals surface area contributed by atoms with Crippen LogP contribution in [0.2, 0.25) is 10.0 Å². The first-order valence-corrected chi connectivity index (χ1v) is 17.4. The molecule has 1 fully saturated rings. The molecule has 1 saturated heterocycles. The summed E-state index contributed by atoms with van der Waals surface area (Å²) in [6, 6.07) is 31.0. The van der Waals surface area contributed by atoms with Gasteiger partial charge in [0, 0.05) is 61.1 Å². The van der Waals surface area contributed by atoms with Crippen molar-refractivity contribution < 1.29 is 23.7 Å². The minimum absolute atomic E-state index is 0.330. The molecule has 5 aromatic rings. The molecule has 6 rings (SSSR count). The van der Waals surface area contributed by atoms with Gasteiger partial charge in [-0.05, 0) is 77.7 Å². The van der Waals surface area contributed by atoms with Crippen LogP contribution in [-0.4, -0.2) is 54.4 Å². The van der Waals surface area contributed by atoms with E-state index in [9.17, 15) is 4.79 Å². The number of halogens is 2. The molecule has 0 N–H and O–H groups in total. The summed E-state index contributed by atoms with van der Waals surface area (Å²) < 4.78 is 23.1. The summed E-state index contributed by atoms with van der Waals surface area (Å²) >= 11 is 13.0. The number of ether oxygens (including phenoxy) is 4. The molecular weight excluding hydrogens is 685 g/mol. The average molecular weight is 725 g/mol. The SMILES string of the molecule is COc1ccc(OCc2ccc(CN3CCN(/C(=C/C=O)c4cc(C)c(Oc5ccc(OCc6ccccc6Cl)cn5)c(Cl)c4)CC3)cc2)cc1. The van der Waals surface area contributed by atoms with Crippen molar-refractivity contribution in [2.75, 3.05) is 33.3 Å². The number of aryl methyl sites for hydroxylation is 1. The van der Waals surface area contributed by atoms with E-state index in [4.69, 9.17) is 42.1 Å². The normalized spacial score (nSPS) is 13.5. The van der Waals surface area contributed by atoms with Gasteiger partial charge in [-0.25, -0.2) is 4.98 Å². The second-order valence-electron chi connectivity index (χ2n) is 12.2. The number of piperazine rings is 1. The van der Waals surface area contributed by atoms with Gasteiger partial charge in [0.1, 0.15) is 36.7 Å². The van der Waals surface area contributed by atoms with Crippen LogP contribution in [0, 0.1) is 6.92 Å². The van der Waals surface area contributed by atoms with Crippen molar-refractivity contribution in [2.24, 2.45) is 0 Å². The van der Waals surface area contributed by atoms with Gasteiger partial charge in [-0.15, -0.1) is 0 Å². The monoisotopic (exact) mass is 723 g/mol. The van der Waals surface area contributed by atoms with E-state index in [-0.39, 0.29) is 0 Å². The quantitative estimate of drug-likeness (QED) is 0.0831. The summed E-state index contributed by atoms with van der Waals surface area (Å²) in [6.07, 6.45) is 4.04. The average Bonchev–Trinajstić information content (AvgIpc) is 3.16. The number of hydrogen-bond donors (Lipinski definition) is 0. The number of methoxy groups -OCH3 is 1. The Kier molecular flexibility index (Phi) is 12.1. The Balaban J connectivity index is 1.01. The Morgan fingerprint density at radius 1 is 0.784 bits per heavy atom. The topological polar surface area (TPSA) is 73.4 Å². The Bertz CT molecular complexity index is 1920. The molecule has 8 nitrogen and oxygen atoms in total. The van der Waals surface area contributed by atoms with Crippen molar-refractivity contribution in [3.63, 3.8) is 0 Å². The summed E-state index contributed by atoms with van der Waals surface area (Å²) in [7, 11) is 1.65. The molecule has 0 radical (unpaired) electrons. The van der Waals surface area contributed by atoms with Gasteiger partial charge in [-0.2, -0.15) is 0 Å². The highest BCUT2D eigenvalue weighted by atomic mass is 35.5. The maximum Gasteiger partial charge on any atom is 0.219 e. The van der Waals surface area contributed by atoms with E-state index in [0.29, 0.717) is 40.6 Å². The van der Waals surface area contributed by atoms with Crippen molar-refractivity contribution >= 4 is 35.2 Å². The van der Waals surface area contributed by atoms with Gasteiger partial charge in [0.15, 0.2) is 5.75 Å². The molecule has 51 heavy (non-hydrogen) atoms. The third-order valence-corrected chi connectivity index (χ3v) is 9.28. The minimum Gasteiger partial charge on any atom is -0.497 e. The van der Waals surface area contributed by atoms with Crippen molar-refractivity contribution in [2.45, 2.75) is 26.7 Å². The smallest absolute Gasteiger partial charge is 0.219 e. The molecule has 0 spiro atoms. The number of aromatic nitrogens is 1. The fourth-order valence-electron chi connectivity index (χ4n) is 5.83. The Morgan fingerprint density at radius 2 is 1.47 bits per heavy atom. The first-order chi connectivity index (χ1) is 24.9. The molecule has 1 aromatic heterocycles. The summed E-state index contributed by atoms with van der Waals surface area (Å²) in [5.74, 6) is 3.09. The van der Waals surface area contributed by atoms with E-state index in [1.165, 1.54) is 5.56 Å². The highest BCUT2D eigenvalue weighted by Gasteiger charge is 2.22. The third-order valence-electron chi connectivity index (χ3n) is 8.63. The van der Waals surface area contributed by atoms with Crippen LogP contribution < -0.4 is 18.9 Å². The molecule has 10 heteroatoms. The van der Waals surface area contributed by atoms with Crippen LogP contribution in [0.3, 0.4) is 0 Å². The number of carbonyl (C=O) groups excluding carboxylic acids is 1. The molecule has 0 aliphatic carbocycles. The van der Waals surface area contributed by atoms with Crippen LogP contribution >= 0.6 is 23.2 Å². The summed E-state index contributed by atoms with van der Waals surface area (Å²) in [5, 5.41) is 1.08. The van der Waals surface area contributed by atoms with E-state index in [1.54, 1.807) is 31.5 Å². The summed E-state index contributed by atoms with van der Waals surface area (Å²) in [5.41, 5.74) is 5.76. The highest BCUT2D eigenvalue weighted by Crippen LogP contribution is 2.36. The molecule has 4 aromatic carbocycles. The predicted octanol–water partition coefficient (Wildman–Crippen LogP) is 9.01. The molecule has 0 unspecified atom stereocenters. The van der Waals surface area contributed by atoms with Gasteiger partial charge in [-0.1, -0.05) is 65.7 Å². The van der Waals surface area contributed by atoms with Crippen molar-refractivity contribution in [3.8, 4) is 28.9 Å². The number of pyridine rings is 1. The third kappa shape index (κ3) is 9.61. The maximum atomic E-state index is 11.8. The first-order valence-electron chi connectivity index (χ1n) is 16.7. The summed E-state index contributed by atoms with van der Waals surface area (Å²) in [4.78, 5) is 20.8.